The maximum absolute atomic E-state index is 12.4. The van der Waals surface area contributed by atoms with Crippen LogP contribution in [-0.4, -0.2) is 23.5 Å². The number of benzene rings is 2. The molecule has 0 saturated heterocycles. The van der Waals surface area contributed by atoms with Gasteiger partial charge in [-0.05, 0) is 42.3 Å². The summed E-state index contributed by atoms with van der Waals surface area (Å²) < 4.78 is 10.3. The Hall–Kier alpha value is -1.91. The topological polar surface area (TPSA) is 47.6 Å². The van der Waals surface area contributed by atoms with Crippen LogP contribution in [0.5, 0.6) is 11.5 Å². The Balaban J connectivity index is 1.48. The number of amides is 1. The van der Waals surface area contributed by atoms with Gasteiger partial charge in [-0.3, -0.25) is 4.79 Å². The van der Waals surface area contributed by atoms with Crippen LogP contribution in [0.1, 0.15) is 29.3 Å². The van der Waals surface area contributed by atoms with Crippen molar-refractivity contribution in [3.63, 3.8) is 0 Å². The van der Waals surface area contributed by atoms with Crippen molar-refractivity contribution >= 4 is 34.8 Å². The van der Waals surface area contributed by atoms with Crippen molar-refractivity contribution in [1.29, 1.82) is 0 Å². The molecule has 1 heterocycles. The Bertz CT molecular complexity index is 835. The number of alkyl halides is 2. The molecule has 2 aromatic rings. The molecule has 1 aliphatic heterocycles. The van der Waals surface area contributed by atoms with Crippen molar-refractivity contribution < 1.29 is 14.3 Å². The van der Waals surface area contributed by atoms with Gasteiger partial charge in [0.05, 0.1) is 0 Å². The second-order valence-corrected chi connectivity index (χ2v) is 8.09. The molecule has 0 radical (unpaired) electrons. The van der Waals surface area contributed by atoms with Gasteiger partial charge < -0.3 is 14.8 Å². The zero-order valence-corrected chi connectivity index (χ0v) is 15.2. The molecule has 0 unspecified atom stereocenters. The van der Waals surface area contributed by atoms with Gasteiger partial charge in [0.1, 0.15) is 17.5 Å². The first-order chi connectivity index (χ1) is 11.9. The highest BCUT2D eigenvalue weighted by Gasteiger charge is 2.63. The first kappa shape index (κ1) is 16.6. The number of nitrogens with one attached hydrogen (secondary N) is 1. The van der Waals surface area contributed by atoms with Gasteiger partial charge in [0, 0.05) is 16.7 Å². The van der Waals surface area contributed by atoms with E-state index < -0.39 is 4.33 Å². The van der Waals surface area contributed by atoms with Crippen LogP contribution in [0, 0.1) is 0 Å². The fraction of sp³-hybridized carbons (Fsp3) is 0.316. The third-order valence-electron chi connectivity index (χ3n) is 4.84. The molecule has 25 heavy (non-hydrogen) atoms. The minimum Gasteiger partial charge on any atom is -0.486 e. The van der Waals surface area contributed by atoms with Gasteiger partial charge in [0.15, 0.2) is 11.5 Å². The lowest BCUT2D eigenvalue weighted by Crippen LogP contribution is -2.17. The third-order valence-corrected chi connectivity index (χ3v) is 5.94. The van der Waals surface area contributed by atoms with E-state index in [2.05, 4.69) is 5.32 Å². The van der Waals surface area contributed by atoms with Gasteiger partial charge in [0.25, 0.3) is 5.91 Å². The first-order valence-electron chi connectivity index (χ1n) is 8.08. The quantitative estimate of drug-likeness (QED) is 0.798. The molecule has 2 aromatic carbocycles. The Morgan fingerprint density at radius 2 is 1.68 bits per heavy atom. The van der Waals surface area contributed by atoms with Gasteiger partial charge in [-0.25, -0.2) is 0 Å². The summed E-state index contributed by atoms with van der Waals surface area (Å²) in [4.78, 5) is 12.4. The SMILES string of the molecule is C[C@@]1(c2ccc(NC(=O)c3ccc4c(c3)OCCO4)cc2)CC1(Cl)Cl. The van der Waals surface area contributed by atoms with Crippen LogP contribution >= 0.6 is 23.2 Å². The molecule has 1 atom stereocenters. The summed E-state index contributed by atoms with van der Waals surface area (Å²) in [6.07, 6.45) is 0.728. The molecule has 4 rings (SSSR count). The van der Waals surface area contributed by atoms with E-state index in [0.29, 0.717) is 36.0 Å². The molecule has 0 spiro atoms. The van der Waals surface area contributed by atoms with E-state index in [-0.39, 0.29) is 11.3 Å². The normalized spacial score (nSPS) is 23.0. The average molecular weight is 378 g/mol. The van der Waals surface area contributed by atoms with E-state index in [1.807, 2.05) is 31.2 Å². The van der Waals surface area contributed by atoms with Crippen LogP contribution in [0.15, 0.2) is 42.5 Å². The van der Waals surface area contributed by atoms with E-state index in [9.17, 15) is 4.79 Å². The summed E-state index contributed by atoms with van der Waals surface area (Å²) in [7, 11) is 0. The number of carbonyl (C=O) groups excluding carboxylic acids is 1. The Morgan fingerprint density at radius 3 is 2.32 bits per heavy atom. The van der Waals surface area contributed by atoms with Crippen LogP contribution in [0.25, 0.3) is 0 Å². The van der Waals surface area contributed by atoms with Crippen molar-refractivity contribution in [2.75, 3.05) is 18.5 Å². The van der Waals surface area contributed by atoms with Crippen LogP contribution in [0.2, 0.25) is 0 Å². The molecule has 1 amide bonds. The van der Waals surface area contributed by atoms with E-state index in [0.717, 1.165) is 12.0 Å². The zero-order chi connectivity index (χ0) is 17.7. The standard InChI is InChI=1S/C19H17Cl2NO3/c1-18(11-19(18,20)21)13-3-5-14(6-4-13)22-17(23)12-2-7-15-16(10-12)25-9-8-24-15/h2-7,10H,8-9,11H2,1H3,(H,22,23)/t18-/m0/s1. The number of halogens is 2. The molecule has 4 nitrogen and oxygen atoms in total. The second-order valence-electron chi connectivity index (χ2n) is 6.60. The van der Waals surface area contributed by atoms with Crippen molar-refractivity contribution in [3.05, 3.63) is 53.6 Å². The lowest BCUT2D eigenvalue weighted by atomic mass is 9.98. The average Bonchev–Trinajstić information content (AvgIpc) is 3.14. The predicted octanol–water partition coefficient (Wildman–Crippen LogP) is 4.55. The van der Waals surface area contributed by atoms with Gasteiger partial charge >= 0.3 is 0 Å². The van der Waals surface area contributed by atoms with E-state index in [4.69, 9.17) is 32.7 Å². The second kappa shape index (κ2) is 5.82. The van der Waals surface area contributed by atoms with Gasteiger partial charge in [-0.2, -0.15) is 0 Å². The Kier molecular flexibility index (Phi) is 3.85. The number of fused-ring (bicyclic) bond motifs is 1. The molecule has 6 heteroatoms. The highest BCUT2D eigenvalue weighted by molar-refractivity contribution is 6.52. The minimum absolute atomic E-state index is 0.202. The molecule has 0 bridgehead atoms. The van der Waals surface area contributed by atoms with E-state index in [1.165, 1.54) is 0 Å². The summed E-state index contributed by atoms with van der Waals surface area (Å²) in [5, 5.41) is 2.88. The largest absolute Gasteiger partial charge is 0.486 e. The molecular formula is C19H17Cl2NO3. The predicted molar refractivity (Wildman–Crippen MR) is 98.2 cm³/mol. The van der Waals surface area contributed by atoms with Gasteiger partial charge in [0.2, 0.25) is 0 Å². The van der Waals surface area contributed by atoms with Crippen LogP contribution < -0.4 is 14.8 Å². The highest BCUT2D eigenvalue weighted by atomic mass is 35.5. The van der Waals surface area contributed by atoms with Gasteiger partial charge in [-0.15, -0.1) is 23.2 Å². The number of hydrogen-bond acceptors (Lipinski definition) is 3. The lowest BCUT2D eigenvalue weighted by Gasteiger charge is -2.18. The van der Waals surface area contributed by atoms with Crippen LogP contribution in [0.3, 0.4) is 0 Å². The van der Waals surface area contributed by atoms with Crippen molar-refractivity contribution in [2.24, 2.45) is 0 Å². The zero-order valence-electron chi connectivity index (χ0n) is 13.6. The van der Waals surface area contributed by atoms with Crippen LogP contribution in [-0.2, 0) is 5.41 Å². The summed E-state index contributed by atoms with van der Waals surface area (Å²) in [6, 6.07) is 12.8. The Morgan fingerprint density at radius 1 is 1.04 bits per heavy atom. The fourth-order valence-electron chi connectivity index (χ4n) is 3.02. The van der Waals surface area contributed by atoms with E-state index >= 15 is 0 Å². The summed E-state index contributed by atoms with van der Waals surface area (Å²) in [6.45, 7) is 3.05. The molecule has 1 N–H and O–H groups in total. The molecular weight excluding hydrogens is 361 g/mol. The lowest BCUT2D eigenvalue weighted by molar-refractivity contribution is 0.102. The minimum atomic E-state index is -0.705. The number of ether oxygens (including phenoxy) is 2. The van der Waals surface area contributed by atoms with Crippen LogP contribution in [0.4, 0.5) is 5.69 Å². The molecule has 2 aliphatic rings. The first-order valence-corrected chi connectivity index (χ1v) is 8.84. The summed E-state index contributed by atoms with van der Waals surface area (Å²) >= 11 is 12.4. The molecule has 0 aromatic heterocycles. The maximum atomic E-state index is 12.4. The number of anilines is 1. The van der Waals surface area contributed by atoms with E-state index in [1.54, 1.807) is 18.2 Å². The maximum Gasteiger partial charge on any atom is 0.255 e. The van der Waals surface area contributed by atoms with Crippen molar-refractivity contribution in [2.45, 2.75) is 23.1 Å². The molecule has 1 aliphatic carbocycles. The number of hydrogen-bond donors (Lipinski definition) is 1. The van der Waals surface area contributed by atoms with Gasteiger partial charge in [-0.1, -0.05) is 19.1 Å². The smallest absolute Gasteiger partial charge is 0.255 e. The number of rotatable bonds is 3. The molecule has 1 saturated carbocycles. The Labute approximate surface area is 156 Å². The highest BCUT2D eigenvalue weighted by Crippen LogP contribution is 2.64. The molecule has 130 valence electrons. The third kappa shape index (κ3) is 2.94. The summed E-state index contributed by atoms with van der Waals surface area (Å²) in [5.74, 6) is 1.05. The van der Waals surface area contributed by atoms with Crippen molar-refractivity contribution in [3.8, 4) is 11.5 Å². The summed E-state index contributed by atoms with van der Waals surface area (Å²) in [5.41, 5.74) is 2.06. The monoisotopic (exact) mass is 377 g/mol. The van der Waals surface area contributed by atoms with Crippen molar-refractivity contribution in [1.82, 2.24) is 0 Å². The fourth-order valence-corrected chi connectivity index (χ4v) is 3.78. The number of carbonyl (C=O) groups is 1. The molecule has 1 fully saturated rings.